The molecule has 0 amide bonds. The Labute approximate surface area is 66.2 Å². The van der Waals surface area contributed by atoms with Gasteiger partial charge in [0.2, 0.25) is 0 Å². The van der Waals surface area contributed by atoms with Gasteiger partial charge in [-0.2, -0.15) is 0 Å². The van der Waals surface area contributed by atoms with Gasteiger partial charge in [-0.1, -0.05) is 0 Å². The minimum absolute atomic E-state index is 0.122. The molecule has 0 aromatic heterocycles. The molecule has 1 aliphatic rings. The second-order valence-corrected chi connectivity index (χ2v) is 2.87. The largest absolute Gasteiger partial charge is 0.391 e. The van der Waals surface area contributed by atoms with E-state index in [-0.39, 0.29) is 6.04 Å². The first-order valence-corrected chi connectivity index (χ1v) is 3.89. The lowest BCUT2D eigenvalue weighted by atomic mass is 10.1. The summed E-state index contributed by atoms with van der Waals surface area (Å²) in [5.41, 5.74) is 0. The van der Waals surface area contributed by atoms with Crippen LogP contribution in [0.25, 0.3) is 0 Å². The Hall–Kier alpha value is -0.160. The summed E-state index contributed by atoms with van der Waals surface area (Å²) in [5.74, 6) is 0. The van der Waals surface area contributed by atoms with Gasteiger partial charge in [-0.3, -0.25) is 0 Å². The predicted octanol–water partition coefficient (Wildman–Crippen LogP) is -1.28. The topological polar surface area (TPSA) is 61.7 Å². The molecule has 0 spiro atoms. The molecule has 0 bridgehead atoms. The van der Waals surface area contributed by atoms with Crippen LogP contribution in [-0.2, 0) is 4.74 Å². The number of aliphatic hydroxyl groups excluding tert-OH is 2. The van der Waals surface area contributed by atoms with Crippen molar-refractivity contribution in [2.24, 2.45) is 0 Å². The molecule has 1 saturated heterocycles. The summed E-state index contributed by atoms with van der Waals surface area (Å²) < 4.78 is 5.12. The van der Waals surface area contributed by atoms with Crippen LogP contribution < -0.4 is 5.32 Å². The molecule has 66 valence electrons. The maximum atomic E-state index is 9.36. The van der Waals surface area contributed by atoms with E-state index in [1.807, 2.05) is 0 Å². The predicted molar refractivity (Wildman–Crippen MR) is 40.3 cm³/mol. The van der Waals surface area contributed by atoms with Crippen molar-refractivity contribution in [3.8, 4) is 0 Å². The smallest absolute Gasteiger partial charge is 0.0971 e. The number of hydrogen-bond acceptors (Lipinski definition) is 4. The highest BCUT2D eigenvalue weighted by Crippen LogP contribution is 2.03. The maximum absolute atomic E-state index is 9.36. The third-order valence-corrected chi connectivity index (χ3v) is 1.86. The summed E-state index contributed by atoms with van der Waals surface area (Å²) in [7, 11) is 0. The van der Waals surface area contributed by atoms with Crippen LogP contribution in [0.3, 0.4) is 0 Å². The van der Waals surface area contributed by atoms with E-state index in [2.05, 4.69) is 5.32 Å². The van der Waals surface area contributed by atoms with Crippen LogP contribution in [0, 0.1) is 0 Å². The number of aliphatic hydroxyl groups is 2. The highest BCUT2D eigenvalue weighted by molar-refractivity contribution is 4.81. The summed E-state index contributed by atoms with van der Waals surface area (Å²) in [6.07, 6.45) is -1.43. The van der Waals surface area contributed by atoms with Crippen LogP contribution in [0.15, 0.2) is 0 Å². The van der Waals surface area contributed by atoms with Gasteiger partial charge < -0.3 is 20.3 Å². The van der Waals surface area contributed by atoms with Gasteiger partial charge in [0.25, 0.3) is 0 Å². The Morgan fingerprint density at radius 3 is 2.73 bits per heavy atom. The van der Waals surface area contributed by atoms with Crippen molar-refractivity contribution in [1.29, 1.82) is 0 Å². The standard InChI is InChI=1S/C7H15NO3/c1-5(9)7(10)6-4-11-3-2-8-6/h5-10H,2-4H2,1H3. The van der Waals surface area contributed by atoms with Crippen LogP contribution in [-0.4, -0.2) is 48.2 Å². The summed E-state index contributed by atoms with van der Waals surface area (Å²) in [4.78, 5) is 0. The first-order valence-electron chi connectivity index (χ1n) is 3.89. The molecular weight excluding hydrogens is 146 g/mol. The Kier molecular flexibility index (Phi) is 3.26. The highest BCUT2D eigenvalue weighted by atomic mass is 16.5. The zero-order valence-corrected chi connectivity index (χ0v) is 6.66. The van der Waals surface area contributed by atoms with E-state index in [0.29, 0.717) is 13.2 Å². The first kappa shape index (κ1) is 8.93. The van der Waals surface area contributed by atoms with E-state index in [0.717, 1.165) is 6.54 Å². The fourth-order valence-corrected chi connectivity index (χ4v) is 1.14. The Bertz CT molecular complexity index is 112. The van der Waals surface area contributed by atoms with Gasteiger partial charge in [0.05, 0.1) is 31.5 Å². The molecule has 1 aliphatic heterocycles. The van der Waals surface area contributed by atoms with Crippen molar-refractivity contribution in [3.05, 3.63) is 0 Å². The molecule has 11 heavy (non-hydrogen) atoms. The van der Waals surface area contributed by atoms with Gasteiger partial charge >= 0.3 is 0 Å². The van der Waals surface area contributed by atoms with E-state index in [1.165, 1.54) is 0 Å². The van der Waals surface area contributed by atoms with Crippen molar-refractivity contribution < 1.29 is 14.9 Å². The number of rotatable bonds is 2. The quantitative estimate of drug-likeness (QED) is 0.472. The lowest BCUT2D eigenvalue weighted by molar-refractivity contribution is -0.0358. The van der Waals surface area contributed by atoms with Crippen LogP contribution in [0.2, 0.25) is 0 Å². The molecule has 1 heterocycles. The van der Waals surface area contributed by atoms with Gasteiger partial charge in [-0.05, 0) is 6.92 Å². The van der Waals surface area contributed by atoms with Crippen LogP contribution >= 0.6 is 0 Å². The minimum Gasteiger partial charge on any atom is -0.391 e. The summed E-state index contributed by atoms with van der Waals surface area (Å²) in [6, 6.07) is -0.122. The van der Waals surface area contributed by atoms with Gasteiger partial charge in [0.1, 0.15) is 0 Å². The molecule has 0 saturated carbocycles. The van der Waals surface area contributed by atoms with E-state index >= 15 is 0 Å². The molecule has 1 rings (SSSR count). The molecule has 4 nitrogen and oxygen atoms in total. The zero-order valence-electron chi connectivity index (χ0n) is 6.66. The van der Waals surface area contributed by atoms with Gasteiger partial charge in [0.15, 0.2) is 0 Å². The highest BCUT2D eigenvalue weighted by Gasteiger charge is 2.24. The van der Waals surface area contributed by atoms with Crippen molar-refractivity contribution in [2.75, 3.05) is 19.8 Å². The monoisotopic (exact) mass is 161 g/mol. The van der Waals surface area contributed by atoms with E-state index in [9.17, 15) is 5.11 Å². The summed E-state index contributed by atoms with van der Waals surface area (Å²) >= 11 is 0. The fourth-order valence-electron chi connectivity index (χ4n) is 1.14. The van der Waals surface area contributed by atoms with Crippen molar-refractivity contribution in [3.63, 3.8) is 0 Å². The average Bonchev–Trinajstić information content (AvgIpc) is 2.05. The maximum Gasteiger partial charge on any atom is 0.0971 e. The fraction of sp³-hybridized carbons (Fsp3) is 1.00. The molecule has 3 N–H and O–H groups in total. The number of nitrogens with one attached hydrogen (secondary N) is 1. The van der Waals surface area contributed by atoms with E-state index in [4.69, 9.17) is 9.84 Å². The van der Waals surface area contributed by atoms with Gasteiger partial charge in [-0.25, -0.2) is 0 Å². The molecule has 0 aliphatic carbocycles. The molecular formula is C7H15NO3. The molecule has 3 atom stereocenters. The lowest BCUT2D eigenvalue weighted by Crippen LogP contribution is -2.52. The van der Waals surface area contributed by atoms with Crippen molar-refractivity contribution in [2.45, 2.75) is 25.2 Å². The SMILES string of the molecule is CC(O)C(O)C1COCCN1. The lowest BCUT2D eigenvalue weighted by Gasteiger charge is -2.29. The molecule has 0 radical (unpaired) electrons. The van der Waals surface area contributed by atoms with Crippen LogP contribution in [0.1, 0.15) is 6.92 Å². The zero-order chi connectivity index (χ0) is 8.27. The Morgan fingerprint density at radius 2 is 2.27 bits per heavy atom. The third kappa shape index (κ3) is 2.41. The van der Waals surface area contributed by atoms with E-state index in [1.54, 1.807) is 6.92 Å². The number of ether oxygens (including phenoxy) is 1. The van der Waals surface area contributed by atoms with Crippen LogP contribution in [0.5, 0.6) is 0 Å². The molecule has 0 aromatic rings. The minimum atomic E-state index is -0.727. The number of morpholine rings is 1. The van der Waals surface area contributed by atoms with E-state index < -0.39 is 12.2 Å². The van der Waals surface area contributed by atoms with Crippen molar-refractivity contribution in [1.82, 2.24) is 5.32 Å². The van der Waals surface area contributed by atoms with Crippen molar-refractivity contribution >= 4 is 0 Å². The Balaban J connectivity index is 2.32. The average molecular weight is 161 g/mol. The first-order chi connectivity index (χ1) is 5.22. The Morgan fingerprint density at radius 1 is 1.55 bits per heavy atom. The normalized spacial score (nSPS) is 31.4. The second-order valence-electron chi connectivity index (χ2n) is 2.87. The summed E-state index contributed by atoms with van der Waals surface area (Å²) in [5, 5.41) is 21.5. The van der Waals surface area contributed by atoms with Gasteiger partial charge in [-0.15, -0.1) is 0 Å². The van der Waals surface area contributed by atoms with Crippen LogP contribution in [0.4, 0.5) is 0 Å². The number of hydrogen-bond donors (Lipinski definition) is 3. The third-order valence-electron chi connectivity index (χ3n) is 1.86. The molecule has 3 unspecified atom stereocenters. The molecule has 4 heteroatoms. The van der Waals surface area contributed by atoms with Gasteiger partial charge in [0, 0.05) is 6.54 Å². The second kappa shape index (κ2) is 4.01. The molecule has 0 aromatic carbocycles. The summed E-state index contributed by atoms with van der Waals surface area (Å²) in [6.45, 7) is 3.48. The molecule has 1 fully saturated rings.